The van der Waals surface area contributed by atoms with Crippen LogP contribution in [0.15, 0.2) is 35.6 Å². The summed E-state index contributed by atoms with van der Waals surface area (Å²) in [5, 5.41) is 2.06. The molecule has 2 aromatic rings. The van der Waals surface area contributed by atoms with Gasteiger partial charge >= 0.3 is 12.0 Å². The predicted octanol–water partition coefficient (Wildman–Crippen LogP) is 5.46. The monoisotopic (exact) mass is 535 g/mol. The van der Waals surface area contributed by atoms with Crippen LogP contribution in [0.2, 0.25) is 10.0 Å². The van der Waals surface area contributed by atoms with E-state index in [2.05, 4.69) is 15.0 Å². The van der Waals surface area contributed by atoms with Gasteiger partial charge in [-0.2, -0.15) is 13.2 Å². The number of amides is 1. The van der Waals surface area contributed by atoms with Crippen LogP contribution < -0.4 is 0 Å². The summed E-state index contributed by atoms with van der Waals surface area (Å²) in [5.41, 5.74) is -2.58. The van der Waals surface area contributed by atoms with Crippen molar-refractivity contribution >= 4 is 35.0 Å². The number of likely N-dealkylation sites (tertiary alicyclic amines) is 1. The number of nitrogens with zero attached hydrogens (tertiary/aromatic N) is 3. The molecule has 1 atom stereocenters. The summed E-state index contributed by atoms with van der Waals surface area (Å²) in [4.78, 5) is 22.2. The largest absolute Gasteiger partial charge is 0.475 e. The summed E-state index contributed by atoms with van der Waals surface area (Å²) in [6, 6.07) is 3.91. The number of benzene rings is 1. The maximum atomic E-state index is 15.2. The van der Waals surface area contributed by atoms with Crippen LogP contribution in [-0.2, 0) is 25.8 Å². The molecule has 3 heterocycles. The number of oxime groups is 1. The molecular weight excluding hydrogens is 520 g/mol. The molecule has 1 saturated heterocycles. The lowest BCUT2D eigenvalue weighted by Crippen LogP contribution is -2.59. The van der Waals surface area contributed by atoms with E-state index >= 15 is 4.39 Å². The fraction of sp³-hybridized carbons (Fsp3) is 0.409. The van der Waals surface area contributed by atoms with E-state index in [1.54, 1.807) is 0 Å². The maximum Gasteiger partial charge on any atom is 0.475 e. The van der Waals surface area contributed by atoms with Crippen LogP contribution in [0.1, 0.15) is 36.1 Å². The SMILES string of the molecule is O=C(CC1CC1)N1CC(F)(c2ccc(C3=NOC(c4cc(Cl)c(F)c(Cl)c4)(C(F)(F)F)O3)cn2)C1. The van der Waals surface area contributed by atoms with Gasteiger partial charge in [-0.1, -0.05) is 23.2 Å². The Morgan fingerprint density at radius 3 is 2.37 bits per heavy atom. The van der Waals surface area contributed by atoms with E-state index in [4.69, 9.17) is 27.9 Å². The molecule has 6 nitrogen and oxygen atoms in total. The van der Waals surface area contributed by atoms with Crippen LogP contribution in [0.3, 0.4) is 0 Å². The van der Waals surface area contributed by atoms with Crippen LogP contribution in [0.4, 0.5) is 22.0 Å². The van der Waals surface area contributed by atoms with Gasteiger partial charge in [0.05, 0.1) is 40.0 Å². The first kappa shape index (κ1) is 24.1. The topological polar surface area (TPSA) is 64.0 Å². The molecule has 13 heteroatoms. The van der Waals surface area contributed by atoms with E-state index in [1.165, 1.54) is 17.0 Å². The summed E-state index contributed by atoms with van der Waals surface area (Å²) < 4.78 is 76.0. The second kappa shape index (κ2) is 8.19. The zero-order valence-corrected chi connectivity index (χ0v) is 19.2. The quantitative estimate of drug-likeness (QED) is 0.377. The minimum absolute atomic E-state index is 0.0235. The van der Waals surface area contributed by atoms with Crippen LogP contribution in [0, 0.1) is 11.7 Å². The molecule has 186 valence electrons. The molecule has 1 unspecified atom stereocenters. The van der Waals surface area contributed by atoms with E-state index in [1.807, 2.05) is 0 Å². The van der Waals surface area contributed by atoms with Gasteiger partial charge in [-0.05, 0) is 48.2 Å². The van der Waals surface area contributed by atoms with E-state index < -0.39 is 45.0 Å². The maximum absolute atomic E-state index is 15.2. The standard InChI is InChI=1S/C22H16Cl2F5N3O3/c23-14-6-13(7-15(24)18(14)25)21(22(27,28)29)34-19(31-35-21)12-3-4-16(30-8-12)20(26)9-32(10-20)17(33)5-11-1-2-11/h3-4,6-8,11H,1-2,5,9-10H2. The van der Waals surface area contributed by atoms with Crippen molar-refractivity contribution in [2.45, 2.75) is 36.9 Å². The summed E-state index contributed by atoms with van der Waals surface area (Å²) in [6.07, 6.45) is -1.65. The third-order valence-electron chi connectivity index (χ3n) is 6.10. The van der Waals surface area contributed by atoms with E-state index in [9.17, 15) is 22.4 Å². The molecule has 1 amide bonds. The molecule has 0 N–H and O–H groups in total. The van der Waals surface area contributed by atoms with Gasteiger partial charge < -0.3 is 14.5 Å². The number of hydrogen-bond acceptors (Lipinski definition) is 5. The highest BCUT2D eigenvalue weighted by atomic mass is 35.5. The minimum atomic E-state index is -5.17. The lowest BCUT2D eigenvalue weighted by molar-refractivity contribution is -0.352. The number of ether oxygens (including phenoxy) is 1. The fourth-order valence-electron chi connectivity index (χ4n) is 3.90. The normalized spacial score (nSPS) is 23.3. The van der Waals surface area contributed by atoms with Crippen molar-refractivity contribution in [3.05, 3.63) is 63.1 Å². The Bertz CT molecular complexity index is 1190. The number of rotatable bonds is 5. The molecular formula is C22H16Cl2F5N3O3. The molecule has 0 spiro atoms. The highest BCUT2D eigenvalue weighted by Gasteiger charge is 2.66. The lowest BCUT2D eigenvalue weighted by Gasteiger charge is -2.44. The molecule has 1 aromatic carbocycles. The van der Waals surface area contributed by atoms with Gasteiger partial charge in [-0.3, -0.25) is 9.78 Å². The molecule has 5 rings (SSSR count). The molecule has 1 aliphatic carbocycles. The number of pyridine rings is 1. The molecule has 1 saturated carbocycles. The Labute approximate surface area is 205 Å². The van der Waals surface area contributed by atoms with Gasteiger partial charge in [-0.15, -0.1) is 0 Å². The van der Waals surface area contributed by atoms with Crippen molar-refractivity contribution in [3.63, 3.8) is 0 Å². The van der Waals surface area contributed by atoms with E-state index in [0.717, 1.165) is 19.0 Å². The van der Waals surface area contributed by atoms with Crippen molar-refractivity contribution in [1.29, 1.82) is 0 Å². The Morgan fingerprint density at radius 1 is 1.17 bits per heavy atom. The third-order valence-corrected chi connectivity index (χ3v) is 6.65. The fourth-order valence-corrected chi connectivity index (χ4v) is 4.39. The molecule has 1 aromatic heterocycles. The second-order valence-electron chi connectivity index (χ2n) is 8.75. The van der Waals surface area contributed by atoms with Gasteiger partial charge in [0.1, 0.15) is 0 Å². The van der Waals surface area contributed by atoms with Gasteiger partial charge in [0.25, 0.3) is 5.90 Å². The highest BCUT2D eigenvalue weighted by Crippen LogP contribution is 2.48. The summed E-state index contributed by atoms with van der Waals surface area (Å²) in [5.74, 6) is -4.83. The van der Waals surface area contributed by atoms with Crippen LogP contribution in [0.5, 0.6) is 0 Å². The number of carbonyl (C=O) groups excluding carboxylic acids is 1. The van der Waals surface area contributed by atoms with Crippen LogP contribution >= 0.6 is 23.2 Å². The second-order valence-corrected chi connectivity index (χ2v) is 9.57. The van der Waals surface area contributed by atoms with Crippen molar-refractivity contribution in [2.24, 2.45) is 11.1 Å². The summed E-state index contributed by atoms with van der Waals surface area (Å²) in [6.45, 7) is -0.288. The molecule has 0 bridgehead atoms. The van der Waals surface area contributed by atoms with Gasteiger partial charge in [0, 0.05) is 12.6 Å². The number of alkyl halides is 4. The number of hydrogen-bond donors (Lipinski definition) is 0. The van der Waals surface area contributed by atoms with Crippen LogP contribution in [-0.4, -0.2) is 41.0 Å². The van der Waals surface area contributed by atoms with Crippen molar-refractivity contribution in [1.82, 2.24) is 9.88 Å². The molecule has 3 aliphatic rings. The Hall–Kier alpha value is -2.66. The zero-order valence-electron chi connectivity index (χ0n) is 17.7. The number of carbonyl (C=O) groups is 1. The third kappa shape index (κ3) is 4.18. The Balaban J connectivity index is 1.33. The molecule has 35 heavy (non-hydrogen) atoms. The lowest BCUT2D eigenvalue weighted by atomic mass is 9.91. The Morgan fingerprint density at radius 2 is 1.83 bits per heavy atom. The van der Waals surface area contributed by atoms with E-state index in [0.29, 0.717) is 24.5 Å². The Kier molecular flexibility index (Phi) is 5.63. The smallest absolute Gasteiger partial charge is 0.419 e. The number of halogens is 7. The summed E-state index contributed by atoms with van der Waals surface area (Å²) in [7, 11) is 0. The molecule has 2 aliphatic heterocycles. The van der Waals surface area contributed by atoms with Crippen molar-refractivity contribution in [2.75, 3.05) is 13.1 Å². The van der Waals surface area contributed by atoms with Gasteiger partial charge in [0.15, 0.2) is 11.5 Å². The highest BCUT2D eigenvalue weighted by molar-refractivity contribution is 6.35. The average Bonchev–Trinajstić information content (AvgIpc) is 3.47. The number of aromatic nitrogens is 1. The minimum Gasteiger partial charge on any atom is -0.419 e. The first-order valence-electron chi connectivity index (χ1n) is 10.5. The van der Waals surface area contributed by atoms with E-state index in [-0.39, 0.29) is 30.3 Å². The molecule has 0 radical (unpaired) electrons. The van der Waals surface area contributed by atoms with Crippen LogP contribution in [0.25, 0.3) is 0 Å². The first-order chi connectivity index (χ1) is 16.4. The first-order valence-corrected chi connectivity index (χ1v) is 11.3. The van der Waals surface area contributed by atoms with Gasteiger partial charge in [0.2, 0.25) is 5.91 Å². The zero-order chi connectivity index (χ0) is 25.2. The predicted molar refractivity (Wildman–Crippen MR) is 114 cm³/mol. The summed E-state index contributed by atoms with van der Waals surface area (Å²) >= 11 is 11.3. The van der Waals surface area contributed by atoms with Crippen molar-refractivity contribution in [3.8, 4) is 0 Å². The van der Waals surface area contributed by atoms with Crippen molar-refractivity contribution < 1.29 is 36.3 Å². The average molecular weight is 536 g/mol. The van der Waals surface area contributed by atoms with Gasteiger partial charge in [-0.25, -0.2) is 8.78 Å². The molecule has 2 fully saturated rings.